The number of halogens is 3. The number of hydrogen-bond acceptors (Lipinski definition) is 1. The summed E-state index contributed by atoms with van der Waals surface area (Å²) in [4.78, 5) is 0. The standard InChI is InChI=1S/C11H12ClF2N/c12-8-2-3-9-7(5-8)1-4-10(9)15-6-11(13)14/h2-3,5,10-11,15H,1,4,6H2. The van der Waals surface area contributed by atoms with Gasteiger partial charge in [-0.15, -0.1) is 0 Å². The lowest BCUT2D eigenvalue weighted by atomic mass is 10.1. The second-order valence-corrected chi connectivity index (χ2v) is 4.17. The highest BCUT2D eigenvalue weighted by atomic mass is 35.5. The molecule has 1 N–H and O–H groups in total. The van der Waals surface area contributed by atoms with Gasteiger partial charge in [-0.2, -0.15) is 0 Å². The zero-order chi connectivity index (χ0) is 10.8. The van der Waals surface area contributed by atoms with Gasteiger partial charge in [0, 0.05) is 11.1 Å². The zero-order valence-electron chi connectivity index (χ0n) is 8.14. The Labute approximate surface area is 92.4 Å². The summed E-state index contributed by atoms with van der Waals surface area (Å²) in [6.45, 7) is -0.243. The highest BCUT2D eigenvalue weighted by molar-refractivity contribution is 6.30. The Morgan fingerprint density at radius 2 is 2.27 bits per heavy atom. The molecule has 0 radical (unpaired) electrons. The minimum absolute atomic E-state index is 0.0614. The molecule has 1 atom stereocenters. The quantitative estimate of drug-likeness (QED) is 0.843. The van der Waals surface area contributed by atoms with Crippen molar-refractivity contribution in [3.63, 3.8) is 0 Å². The van der Waals surface area contributed by atoms with Crippen LogP contribution in [0.15, 0.2) is 18.2 Å². The molecule has 1 aromatic carbocycles. The number of fused-ring (bicyclic) bond motifs is 1. The van der Waals surface area contributed by atoms with Crippen LogP contribution in [0.4, 0.5) is 8.78 Å². The predicted molar refractivity (Wildman–Crippen MR) is 56.5 cm³/mol. The second-order valence-electron chi connectivity index (χ2n) is 3.73. The molecule has 0 fully saturated rings. The minimum Gasteiger partial charge on any atom is -0.305 e. The van der Waals surface area contributed by atoms with Crippen LogP contribution in [-0.2, 0) is 6.42 Å². The lowest BCUT2D eigenvalue weighted by molar-refractivity contribution is 0.141. The van der Waals surface area contributed by atoms with Crippen molar-refractivity contribution in [3.05, 3.63) is 34.3 Å². The molecule has 1 nitrogen and oxygen atoms in total. The van der Waals surface area contributed by atoms with Crippen LogP contribution in [0.3, 0.4) is 0 Å². The SMILES string of the molecule is FC(F)CNC1CCc2cc(Cl)ccc21. The van der Waals surface area contributed by atoms with E-state index in [-0.39, 0.29) is 12.6 Å². The average Bonchev–Trinajstić information content (AvgIpc) is 2.57. The molecule has 82 valence electrons. The molecule has 0 saturated carbocycles. The van der Waals surface area contributed by atoms with E-state index >= 15 is 0 Å². The Bertz CT molecular complexity index is 354. The van der Waals surface area contributed by atoms with Gasteiger partial charge >= 0.3 is 0 Å². The first-order valence-electron chi connectivity index (χ1n) is 4.96. The van der Waals surface area contributed by atoms with Gasteiger partial charge in [-0.05, 0) is 36.1 Å². The third-order valence-electron chi connectivity index (χ3n) is 2.70. The number of aryl methyl sites for hydroxylation is 1. The van der Waals surface area contributed by atoms with E-state index in [1.165, 1.54) is 5.56 Å². The molecule has 1 aliphatic carbocycles. The summed E-state index contributed by atoms with van der Waals surface area (Å²) in [7, 11) is 0. The predicted octanol–water partition coefficient (Wildman–Crippen LogP) is 3.18. The van der Waals surface area contributed by atoms with Crippen molar-refractivity contribution in [1.29, 1.82) is 0 Å². The van der Waals surface area contributed by atoms with Crippen molar-refractivity contribution >= 4 is 11.6 Å². The molecule has 0 bridgehead atoms. The molecule has 4 heteroatoms. The van der Waals surface area contributed by atoms with Crippen LogP contribution in [-0.4, -0.2) is 13.0 Å². The van der Waals surface area contributed by atoms with Crippen molar-refractivity contribution in [3.8, 4) is 0 Å². The van der Waals surface area contributed by atoms with Gasteiger partial charge in [0.05, 0.1) is 6.54 Å². The van der Waals surface area contributed by atoms with E-state index in [0.717, 1.165) is 18.4 Å². The van der Waals surface area contributed by atoms with E-state index in [1.54, 1.807) is 0 Å². The molecule has 1 unspecified atom stereocenters. The Balaban J connectivity index is 2.08. The molecule has 2 rings (SSSR count). The maximum atomic E-state index is 12.0. The molecule has 0 aliphatic heterocycles. The van der Waals surface area contributed by atoms with Gasteiger partial charge in [-0.3, -0.25) is 0 Å². The Morgan fingerprint density at radius 1 is 1.47 bits per heavy atom. The van der Waals surface area contributed by atoms with E-state index in [1.807, 2.05) is 18.2 Å². The molecule has 0 aromatic heterocycles. The third-order valence-corrected chi connectivity index (χ3v) is 2.94. The number of alkyl halides is 2. The van der Waals surface area contributed by atoms with Gasteiger partial charge in [-0.1, -0.05) is 17.7 Å². The normalized spacial score (nSPS) is 19.6. The summed E-state index contributed by atoms with van der Waals surface area (Å²) >= 11 is 5.86. The fourth-order valence-corrected chi connectivity index (χ4v) is 2.22. The van der Waals surface area contributed by atoms with Crippen LogP contribution in [0, 0.1) is 0 Å². The molecular weight excluding hydrogens is 220 g/mol. The zero-order valence-corrected chi connectivity index (χ0v) is 8.90. The fraction of sp³-hybridized carbons (Fsp3) is 0.455. The van der Waals surface area contributed by atoms with E-state index in [0.29, 0.717) is 5.02 Å². The van der Waals surface area contributed by atoms with Crippen LogP contribution in [0.1, 0.15) is 23.6 Å². The molecule has 1 aromatic rings. The maximum absolute atomic E-state index is 12.0. The Kier molecular flexibility index (Phi) is 3.22. The van der Waals surface area contributed by atoms with Gasteiger partial charge in [0.1, 0.15) is 0 Å². The summed E-state index contributed by atoms with van der Waals surface area (Å²) in [6.07, 6.45) is -0.500. The van der Waals surface area contributed by atoms with E-state index in [4.69, 9.17) is 11.6 Å². The molecule has 0 saturated heterocycles. The summed E-state index contributed by atoms with van der Waals surface area (Å²) in [5.41, 5.74) is 2.29. The first-order valence-corrected chi connectivity index (χ1v) is 5.34. The van der Waals surface area contributed by atoms with Gasteiger partial charge in [0.15, 0.2) is 0 Å². The molecule has 15 heavy (non-hydrogen) atoms. The molecule has 1 aliphatic rings. The molecule has 0 amide bonds. The minimum atomic E-state index is -2.29. The number of benzene rings is 1. The third kappa shape index (κ3) is 2.47. The Morgan fingerprint density at radius 3 is 3.00 bits per heavy atom. The number of nitrogens with one attached hydrogen (secondary N) is 1. The van der Waals surface area contributed by atoms with Crippen molar-refractivity contribution in [2.45, 2.75) is 25.3 Å². The molecule has 0 spiro atoms. The summed E-state index contributed by atoms with van der Waals surface area (Å²) in [5, 5.41) is 3.57. The van der Waals surface area contributed by atoms with Crippen molar-refractivity contribution in [2.24, 2.45) is 0 Å². The van der Waals surface area contributed by atoms with Crippen LogP contribution < -0.4 is 5.32 Å². The van der Waals surface area contributed by atoms with Gasteiger partial charge in [-0.25, -0.2) is 8.78 Å². The number of rotatable bonds is 3. The van der Waals surface area contributed by atoms with E-state index in [9.17, 15) is 8.78 Å². The van der Waals surface area contributed by atoms with Crippen LogP contribution in [0.5, 0.6) is 0 Å². The van der Waals surface area contributed by atoms with Crippen molar-refractivity contribution in [2.75, 3.05) is 6.54 Å². The van der Waals surface area contributed by atoms with E-state index in [2.05, 4.69) is 5.32 Å². The highest BCUT2D eigenvalue weighted by Gasteiger charge is 2.22. The van der Waals surface area contributed by atoms with Gasteiger partial charge in [0.25, 0.3) is 6.43 Å². The topological polar surface area (TPSA) is 12.0 Å². The second kappa shape index (κ2) is 4.45. The average molecular weight is 232 g/mol. The first kappa shape index (κ1) is 10.8. The van der Waals surface area contributed by atoms with Crippen LogP contribution in [0.25, 0.3) is 0 Å². The lowest BCUT2D eigenvalue weighted by Crippen LogP contribution is -2.24. The van der Waals surface area contributed by atoms with Gasteiger partial charge < -0.3 is 5.32 Å². The number of hydrogen-bond donors (Lipinski definition) is 1. The monoisotopic (exact) mass is 231 g/mol. The van der Waals surface area contributed by atoms with Crippen LogP contribution >= 0.6 is 11.6 Å². The summed E-state index contributed by atoms with van der Waals surface area (Å²) in [6, 6.07) is 5.71. The fourth-order valence-electron chi connectivity index (χ4n) is 2.03. The van der Waals surface area contributed by atoms with Crippen molar-refractivity contribution < 1.29 is 8.78 Å². The largest absolute Gasteiger partial charge is 0.305 e. The summed E-state index contributed by atoms with van der Waals surface area (Å²) in [5.74, 6) is 0. The Hall–Kier alpha value is -0.670. The van der Waals surface area contributed by atoms with Gasteiger partial charge in [0.2, 0.25) is 0 Å². The maximum Gasteiger partial charge on any atom is 0.250 e. The smallest absolute Gasteiger partial charge is 0.250 e. The molecule has 0 heterocycles. The van der Waals surface area contributed by atoms with E-state index < -0.39 is 6.43 Å². The lowest BCUT2D eigenvalue weighted by Gasteiger charge is -2.13. The summed E-state index contributed by atoms with van der Waals surface area (Å²) < 4.78 is 24.1. The first-order chi connectivity index (χ1) is 7.16. The van der Waals surface area contributed by atoms with Crippen molar-refractivity contribution in [1.82, 2.24) is 5.32 Å². The highest BCUT2D eigenvalue weighted by Crippen LogP contribution is 2.32. The molecular formula is C11H12ClF2N. The van der Waals surface area contributed by atoms with Crippen LogP contribution in [0.2, 0.25) is 5.02 Å².